The largest absolute Gasteiger partial charge is 0.457 e. The van der Waals surface area contributed by atoms with E-state index >= 15 is 4.79 Å². The Bertz CT molecular complexity index is 3670. The van der Waals surface area contributed by atoms with Gasteiger partial charge in [0.25, 0.3) is 0 Å². The van der Waals surface area contributed by atoms with E-state index in [2.05, 4.69) is 48.5 Å². The zero-order chi connectivity index (χ0) is 48.1. The van der Waals surface area contributed by atoms with Crippen molar-refractivity contribution >= 4 is 33.0 Å². The van der Waals surface area contributed by atoms with Gasteiger partial charge in [-0.05, 0) is 76.7 Å². The molecule has 0 bridgehead atoms. The lowest BCUT2D eigenvalue weighted by Gasteiger charge is -2.20. The van der Waals surface area contributed by atoms with Crippen LogP contribution in [-0.4, -0.2) is 23.7 Å². The number of imidazole rings is 1. The molecule has 0 saturated carbocycles. The van der Waals surface area contributed by atoms with Gasteiger partial charge in [-0.25, -0.2) is 19.3 Å². The van der Waals surface area contributed by atoms with E-state index in [9.17, 15) is 0 Å². The van der Waals surface area contributed by atoms with Gasteiger partial charge in [-0.15, -0.1) is 0 Å². The second kappa shape index (κ2) is 13.9. The molecule has 10 rings (SSSR count). The SMILES string of the molecule is [2H]c1c([2H])c([2H])c(-c2cccc(-c3c([2H])c([2H])c([2H])c([2H])c3[2H])c2-n2c(=O)n(-c3cccc(Oc4ccc5c6ccccc6n(-c6cc(C(C)(C)C)ccn6)c5c4)c3)c3cccnc32)c([2H])c1[2H]. The maximum Gasteiger partial charge on any atom is 0.339 e. The fraction of sp³-hybridized carbons (Fsp3) is 0.0784. The highest BCUT2D eigenvalue weighted by Gasteiger charge is 2.23. The average Bonchev–Trinajstić information content (AvgIpc) is 3.82. The molecule has 0 aliphatic heterocycles. The zero-order valence-electron chi connectivity index (χ0n) is 41.6. The predicted molar refractivity (Wildman–Crippen MR) is 235 cm³/mol. The highest BCUT2D eigenvalue weighted by Crippen LogP contribution is 2.38. The van der Waals surface area contributed by atoms with Crippen LogP contribution in [0.15, 0.2) is 187 Å². The fourth-order valence-electron chi connectivity index (χ4n) is 7.53. The van der Waals surface area contributed by atoms with Gasteiger partial charge in [-0.3, -0.25) is 9.13 Å². The summed E-state index contributed by atoms with van der Waals surface area (Å²) < 4.78 is 97.8. The van der Waals surface area contributed by atoms with E-state index in [4.69, 9.17) is 23.4 Å². The quantitative estimate of drug-likeness (QED) is 0.162. The Kier molecular flexibility index (Phi) is 6.14. The predicted octanol–water partition coefficient (Wildman–Crippen LogP) is 12.1. The smallest absolute Gasteiger partial charge is 0.339 e. The summed E-state index contributed by atoms with van der Waals surface area (Å²) in [6, 6.07) is 26.6. The van der Waals surface area contributed by atoms with Crippen molar-refractivity contribution in [3.8, 4) is 50.9 Å². The molecule has 0 spiro atoms. The summed E-state index contributed by atoms with van der Waals surface area (Å²) in [6.07, 6.45) is 3.28. The van der Waals surface area contributed by atoms with Gasteiger partial charge in [-0.1, -0.05) is 124 Å². The summed E-state index contributed by atoms with van der Waals surface area (Å²) in [5, 5.41) is 2.05. The van der Waals surface area contributed by atoms with E-state index in [-0.39, 0.29) is 39.0 Å². The first-order chi connectivity index (χ1) is 32.5. The lowest BCUT2D eigenvalue weighted by molar-refractivity contribution is 0.483. The molecule has 58 heavy (non-hydrogen) atoms. The van der Waals surface area contributed by atoms with Gasteiger partial charge in [0.05, 0.1) is 41.6 Å². The first-order valence-corrected chi connectivity index (χ1v) is 18.6. The average molecular weight is 764 g/mol. The first-order valence-electron chi connectivity index (χ1n) is 23.6. The zero-order valence-corrected chi connectivity index (χ0v) is 31.6. The molecule has 0 amide bonds. The summed E-state index contributed by atoms with van der Waals surface area (Å²) in [7, 11) is 0. The van der Waals surface area contributed by atoms with Gasteiger partial charge >= 0.3 is 5.69 Å². The highest BCUT2D eigenvalue weighted by atomic mass is 16.5. The molecule has 0 atom stereocenters. The maximum atomic E-state index is 15.4. The topological polar surface area (TPSA) is 66.9 Å². The third kappa shape index (κ3) is 5.96. The molecule has 0 N–H and O–H groups in total. The molecule has 280 valence electrons. The van der Waals surface area contributed by atoms with E-state index in [0.29, 0.717) is 22.7 Å². The van der Waals surface area contributed by atoms with E-state index in [1.165, 1.54) is 33.5 Å². The van der Waals surface area contributed by atoms with Gasteiger partial charge < -0.3 is 4.74 Å². The summed E-state index contributed by atoms with van der Waals surface area (Å²) in [4.78, 5) is 24.8. The van der Waals surface area contributed by atoms with Gasteiger partial charge in [0.1, 0.15) is 17.3 Å². The van der Waals surface area contributed by atoms with Crippen LogP contribution in [0.3, 0.4) is 0 Å². The van der Waals surface area contributed by atoms with Crippen LogP contribution in [0, 0.1) is 0 Å². The van der Waals surface area contributed by atoms with Gasteiger partial charge in [0, 0.05) is 46.4 Å². The van der Waals surface area contributed by atoms with E-state index in [1.807, 2.05) is 42.6 Å². The van der Waals surface area contributed by atoms with Crippen molar-refractivity contribution in [3.05, 3.63) is 198 Å². The number of fused-ring (bicyclic) bond motifs is 4. The molecule has 0 fully saturated rings. The summed E-state index contributed by atoms with van der Waals surface area (Å²) in [6.45, 7) is 6.48. The van der Waals surface area contributed by atoms with Crippen molar-refractivity contribution in [2.24, 2.45) is 0 Å². The highest BCUT2D eigenvalue weighted by molar-refractivity contribution is 6.09. The number of hydrogen-bond acceptors (Lipinski definition) is 4. The van der Waals surface area contributed by atoms with Crippen LogP contribution >= 0.6 is 0 Å². The Morgan fingerprint density at radius 3 is 1.98 bits per heavy atom. The summed E-state index contributed by atoms with van der Waals surface area (Å²) >= 11 is 0. The van der Waals surface area contributed by atoms with Crippen molar-refractivity contribution in [1.82, 2.24) is 23.7 Å². The van der Waals surface area contributed by atoms with Crippen molar-refractivity contribution in [2.45, 2.75) is 26.2 Å². The lowest BCUT2D eigenvalue weighted by atomic mass is 9.88. The van der Waals surface area contributed by atoms with Crippen LogP contribution < -0.4 is 10.4 Å². The molecule has 7 heteroatoms. The van der Waals surface area contributed by atoms with E-state index < -0.39 is 66.1 Å². The molecule has 0 radical (unpaired) electrons. The van der Waals surface area contributed by atoms with Crippen LogP contribution in [0.2, 0.25) is 0 Å². The lowest BCUT2D eigenvalue weighted by Crippen LogP contribution is -2.23. The molecule has 0 aliphatic carbocycles. The second-order valence-electron chi connectivity index (χ2n) is 14.8. The Hall–Kier alpha value is -7.51. The second-order valence-corrected chi connectivity index (χ2v) is 14.8. The van der Waals surface area contributed by atoms with Crippen molar-refractivity contribution in [3.63, 3.8) is 0 Å². The van der Waals surface area contributed by atoms with E-state index in [1.54, 1.807) is 36.4 Å². The Morgan fingerprint density at radius 1 is 0.569 bits per heavy atom. The normalized spacial score (nSPS) is 14.2. The molecule has 0 unspecified atom stereocenters. The number of rotatable bonds is 7. The number of para-hydroxylation sites is 2. The number of benzene rings is 6. The van der Waals surface area contributed by atoms with Crippen molar-refractivity contribution < 1.29 is 18.4 Å². The van der Waals surface area contributed by atoms with Crippen LogP contribution in [0.5, 0.6) is 11.5 Å². The number of ether oxygens (including phenoxy) is 1. The molecular weight excluding hydrogens is 715 g/mol. The minimum absolute atomic E-state index is 0.0386. The van der Waals surface area contributed by atoms with Crippen LogP contribution in [-0.2, 0) is 5.41 Å². The minimum atomic E-state index is -0.722. The monoisotopic (exact) mass is 763 g/mol. The van der Waals surface area contributed by atoms with Gasteiger partial charge in [0.2, 0.25) is 0 Å². The molecular formula is C51H39N5O2. The fourth-order valence-corrected chi connectivity index (χ4v) is 7.53. The van der Waals surface area contributed by atoms with Crippen LogP contribution in [0.1, 0.15) is 40.0 Å². The first kappa shape index (κ1) is 25.6. The molecule has 6 aromatic carbocycles. The van der Waals surface area contributed by atoms with Gasteiger partial charge in [-0.2, -0.15) is 0 Å². The number of pyridine rings is 2. The Balaban J connectivity index is 1.17. The van der Waals surface area contributed by atoms with Crippen molar-refractivity contribution in [1.29, 1.82) is 0 Å². The maximum absolute atomic E-state index is 15.4. The Morgan fingerprint density at radius 2 is 1.24 bits per heavy atom. The summed E-state index contributed by atoms with van der Waals surface area (Å²) in [5.74, 6) is 1.65. The van der Waals surface area contributed by atoms with Gasteiger partial charge in [0.15, 0.2) is 5.65 Å². The van der Waals surface area contributed by atoms with Crippen LogP contribution in [0.25, 0.3) is 72.4 Å². The van der Waals surface area contributed by atoms with Crippen molar-refractivity contribution in [2.75, 3.05) is 0 Å². The third-order valence-electron chi connectivity index (χ3n) is 10.2. The van der Waals surface area contributed by atoms with Crippen LogP contribution in [0.4, 0.5) is 0 Å². The molecule has 4 heterocycles. The Labute approximate surface area is 349 Å². The standard InChI is InChI=1S/C51H39N5O2/c1-51(2,3)36-28-30-52-47(31-36)55-44-24-11-10-21-42(44)43-27-26-39(33-46(43)55)58-38-20-12-19-37(32-38)54-45-25-14-29-53-49(45)56(50(54)57)48-40(34-15-6-4-7-16-34)22-13-23-41(48)35-17-8-5-9-18-35/h4-33H,1-3H3/i4D,5D,6D,7D,8D,9D,15D,16D,17D,18D. The molecule has 0 saturated heterocycles. The van der Waals surface area contributed by atoms with E-state index in [0.717, 1.165) is 33.2 Å². The molecule has 10 aromatic rings. The number of hydrogen-bond donors (Lipinski definition) is 0. The third-order valence-corrected chi connectivity index (χ3v) is 10.2. The molecule has 4 aromatic heterocycles. The number of aromatic nitrogens is 5. The minimum Gasteiger partial charge on any atom is -0.457 e. The number of nitrogens with zero attached hydrogens (tertiary/aromatic N) is 5. The molecule has 7 nitrogen and oxygen atoms in total. The molecule has 0 aliphatic rings. The summed E-state index contributed by atoms with van der Waals surface area (Å²) in [5.41, 5.74) is 2.14.